The number of piperidine rings is 1. The van der Waals surface area contributed by atoms with Crippen molar-refractivity contribution < 1.29 is 15.0 Å². The lowest BCUT2D eigenvalue weighted by Crippen LogP contribution is -2.29. The summed E-state index contributed by atoms with van der Waals surface area (Å²) in [5.41, 5.74) is 4.10. The minimum absolute atomic E-state index is 0.0293. The standard InChI is InChI=1S/C21H22N2O3/c1-13(24)20-17-11-16(19(25)12-18(17)22-21(20)26)14-5-7-15(8-6-14)23-9-3-2-4-10-23/h5-8,11-12,24-25H,2-4,9-10H2,1H3,(H,22,26)/b20-13+. The van der Waals surface area contributed by atoms with Gasteiger partial charge in [-0.2, -0.15) is 0 Å². The van der Waals surface area contributed by atoms with Crippen molar-refractivity contribution in [3.8, 4) is 16.9 Å². The number of nitrogens with one attached hydrogen (secondary N) is 1. The number of benzene rings is 2. The van der Waals surface area contributed by atoms with Crippen LogP contribution in [0.25, 0.3) is 16.7 Å². The number of phenolic OH excluding ortho intramolecular Hbond substituents is 1. The maximum Gasteiger partial charge on any atom is 0.259 e. The Bertz CT molecular complexity index is 890. The third-order valence-corrected chi connectivity index (χ3v) is 5.14. The van der Waals surface area contributed by atoms with Crippen LogP contribution >= 0.6 is 0 Å². The molecule has 0 saturated carbocycles. The van der Waals surface area contributed by atoms with E-state index in [1.54, 1.807) is 6.07 Å². The summed E-state index contributed by atoms with van der Waals surface area (Å²) in [4.78, 5) is 14.4. The summed E-state index contributed by atoms with van der Waals surface area (Å²) in [6.45, 7) is 3.66. The molecular formula is C21H22N2O3. The van der Waals surface area contributed by atoms with Crippen molar-refractivity contribution in [3.05, 3.63) is 47.7 Å². The van der Waals surface area contributed by atoms with E-state index in [0.29, 0.717) is 16.8 Å². The molecule has 1 fully saturated rings. The number of carbonyl (C=O) groups excluding carboxylic acids is 1. The van der Waals surface area contributed by atoms with Gasteiger partial charge in [0.15, 0.2) is 0 Å². The molecule has 0 atom stereocenters. The highest BCUT2D eigenvalue weighted by Gasteiger charge is 2.28. The zero-order valence-electron chi connectivity index (χ0n) is 14.7. The van der Waals surface area contributed by atoms with Gasteiger partial charge in [0.1, 0.15) is 11.5 Å². The highest BCUT2D eigenvalue weighted by molar-refractivity contribution is 6.32. The number of anilines is 2. The van der Waals surface area contributed by atoms with Crippen LogP contribution in [0.15, 0.2) is 42.2 Å². The van der Waals surface area contributed by atoms with E-state index >= 15 is 0 Å². The molecule has 2 aromatic carbocycles. The predicted octanol–water partition coefficient (Wildman–Crippen LogP) is 4.29. The Morgan fingerprint density at radius 3 is 2.38 bits per heavy atom. The first-order chi connectivity index (χ1) is 12.5. The maximum atomic E-state index is 12.0. The summed E-state index contributed by atoms with van der Waals surface area (Å²) in [5, 5.41) is 22.9. The fourth-order valence-corrected chi connectivity index (χ4v) is 3.80. The molecule has 0 spiro atoms. The maximum absolute atomic E-state index is 12.0. The lowest BCUT2D eigenvalue weighted by atomic mass is 9.97. The number of phenols is 1. The quantitative estimate of drug-likeness (QED) is 0.558. The highest BCUT2D eigenvalue weighted by Crippen LogP contribution is 2.41. The monoisotopic (exact) mass is 350 g/mol. The van der Waals surface area contributed by atoms with Crippen molar-refractivity contribution >= 4 is 22.9 Å². The molecule has 0 bridgehead atoms. The first-order valence-corrected chi connectivity index (χ1v) is 8.98. The number of aliphatic hydroxyl groups excluding tert-OH is 1. The van der Waals surface area contributed by atoms with Gasteiger partial charge in [0, 0.05) is 36.0 Å². The van der Waals surface area contributed by atoms with Crippen molar-refractivity contribution in [3.63, 3.8) is 0 Å². The minimum Gasteiger partial charge on any atom is -0.512 e. The van der Waals surface area contributed by atoms with E-state index in [1.807, 2.05) is 12.1 Å². The first-order valence-electron chi connectivity index (χ1n) is 8.98. The van der Waals surface area contributed by atoms with Crippen LogP contribution in [0.4, 0.5) is 11.4 Å². The zero-order valence-corrected chi connectivity index (χ0v) is 14.7. The van der Waals surface area contributed by atoms with Crippen molar-refractivity contribution in [1.29, 1.82) is 0 Å². The second kappa shape index (κ2) is 6.41. The van der Waals surface area contributed by atoms with Crippen molar-refractivity contribution in [1.82, 2.24) is 0 Å². The Morgan fingerprint density at radius 1 is 1.04 bits per heavy atom. The van der Waals surface area contributed by atoms with Crippen molar-refractivity contribution in [2.75, 3.05) is 23.3 Å². The third-order valence-electron chi connectivity index (χ3n) is 5.14. The molecule has 0 radical (unpaired) electrons. The Balaban J connectivity index is 1.70. The van der Waals surface area contributed by atoms with Gasteiger partial charge in [-0.15, -0.1) is 0 Å². The van der Waals surface area contributed by atoms with Crippen molar-refractivity contribution in [2.24, 2.45) is 0 Å². The number of aromatic hydroxyl groups is 1. The molecule has 5 heteroatoms. The zero-order chi connectivity index (χ0) is 18.3. The Kier molecular flexibility index (Phi) is 4.07. The van der Waals surface area contributed by atoms with Gasteiger partial charge in [-0.25, -0.2) is 0 Å². The summed E-state index contributed by atoms with van der Waals surface area (Å²) in [7, 11) is 0. The summed E-state index contributed by atoms with van der Waals surface area (Å²) in [5.74, 6) is -0.276. The van der Waals surface area contributed by atoms with Crippen LogP contribution in [0, 0.1) is 0 Å². The van der Waals surface area contributed by atoms with Crippen LogP contribution in [0.2, 0.25) is 0 Å². The number of hydrogen-bond donors (Lipinski definition) is 3. The molecule has 26 heavy (non-hydrogen) atoms. The van der Waals surface area contributed by atoms with Gasteiger partial charge in [-0.3, -0.25) is 4.79 Å². The number of rotatable bonds is 2. The second-order valence-corrected chi connectivity index (χ2v) is 6.92. The van der Waals surface area contributed by atoms with E-state index in [1.165, 1.54) is 37.9 Å². The van der Waals surface area contributed by atoms with Gasteiger partial charge in [-0.05, 0) is 49.9 Å². The lowest BCUT2D eigenvalue weighted by molar-refractivity contribution is -0.110. The van der Waals surface area contributed by atoms with E-state index in [4.69, 9.17) is 0 Å². The molecule has 134 valence electrons. The second-order valence-electron chi connectivity index (χ2n) is 6.92. The van der Waals surface area contributed by atoms with Crippen LogP contribution in [-0.2, 0) is 4.79 Å². The summed E-state index contributed by atoms with van der Waals surface area (Å²) in [6.07, 6.45) is 3.75. The number of nitrogens with zero attached hydrogens (tertiary/aromatic N) is 1. The number of aliphatic hydroxyl groups is 1. The van der Waals surface area contributed by atoms with Gasteiger partial charge >= 0.3 is 0 Å². The average Bonchev–Trinajstić information content (AvgIpc) is 2.96. The molecule has 2 aliphatic rings. The Morgan fingerprint density at radius 2 is 1.73 bits per heavy atom. The Labute approximate surface area is 152 Å². The average molecular weight is 350 g/mol. The van der Waals surface area contributed by atoms with Crippen LogP contribution in [0.5, 0.6) is 5.75 Å². The molecule has 4 rings (SSSR count). The fourth-order valence-electron chi connectivity index (χ4n) is 3.80. The van der Waals surface area contributed by atoms with E-state index in [9.17, 15) is 15.0 Å². The molecule has 0 aliphatic carbocycles. The van der Waals surface area contributed by atoms with E-state index in [0.717, 1.165) is 18.7 Å². The molecular weight excluding hydrogens is 328 g/mol. The number of amides is 1. The fraction of sp³-hybridized carbons (Fsp3) is 0.286. The minimum atomic E-state index is -0.350. The van der Waals surface area contributed by atoms with E-state index < -0.39 is 0 Å². The van der Waals surface area contributed by atoms with Crippen LogP contribution < -0.4 is 10.2 Å². The van der Waals surface area contributed by atoms with Crippen LogP contribution in [0.3, 0.4) is 0 Å². The molecule has 0 unspecified atom stereocenters. The van der Waals surface area contributed by atoms with Gasteiger partial charge < -0.3 is 20.4 Å². The van der Waals surface area contributed by atoms with Gasteiger partial charge in [-0.1, -0.05) is 12.1 Å². The summed E-state index contributed by atoms with van der Waals surface area (Å²) >= 11 is 0. The molecule has 5 nitrogen and oxygen atoms in total. The summed E-state index contributed by atoms with van der Waals surface area (Å²) < 4.78 is 0. The highest BCUT2D eigenvalue weighted by atomic mass is 16.3. The third kappa shape index (κ3) is 2.79. The SMILES string of the molecule is C/C(O)=C1\C(=O)Nc2cc(O)c(-c3ccc(N4CCCCC4)cc3)cc21. The molecule has 2 aliphatic heterocycles. The largest absolute Gasteiger partial charge is 0.512 e. The number of carbonyl (C=O) groups is 1. The molecule has 1 saturated heterocycles. The lowest BCUT2D eigenvalue weighted by Gasteiger charge is -2.28. The topological polar surface area (TPSA) is 72.8 Å². The molecule has 3 N–H and O–H groups in total. The van der Waals surface area contributed by atoms with Crippen LogP contribution in [0.1, 0.15) is 31.7 Å². The number of allylic oxidation sites excluding steroid dienone is 1. The van der Waals surface area contributed by atoms with Crippen LogP contribution in [-0.4, -0.2) is 29.2 Å². The predicted molar refractivity (Wildman–Crippen MR) is 103 cm³/mol. The van der Waals surface area contributed by atoms with Crippen molar-refractivity contribution in [2.45, 2.75) is 26.2 Å². The molecule has 0 aromatic heterocycles. The van der Waals surface area contributed by atoms with Gasteiger partial charge in [0.05, 0.1) is 11.3 Å². The Hall–Kier alpha value is -2.95. The van der Waals surface area contributed by atoms with E-state index in [2.05, 4.69) is 22.3 Å². The van der Waals surface area contributed by atoms with Gasteiger partial charge in [0.2, 0.25) is 0 Å². The van der Waals surface area contributed by atoms with E-state index in [-0.39, 0.29) is 23.0 Å². The first kappa shape index (κ1) is 16.5. The number of fused-ring (bicyclic) bond motifs is 1. The molecule has 2 heterocycles. The number of hydrogen-bond acceptors (Lipinski definition) is 4. The molecule has 1 amide bonds. The smallest absolute Gasteiger partial charge is 0.259 e. The summed E-state index contributed by atoms with van der Waals surface area (Å²) in [6, 6.07) is 11.4. The van der Waals surface area contributed by atoms with Gasteiger partial charge in [0.25, 0.3) is 5.91 Å². The normalized spacial score (nSPS) is 18.5. The molecule has 2 aromatic rings.